The predicted molar refractivity (Wildman–Crippen MR) is 117 cm³/mol. The van der Waals surface area contributed by atoms with Crippen molar-refractivity contribution in [1.29, 1.82) is 0 Å². The van der Waals surface area contributed by atoms with Crippen LogP contribution in [0.3, 0.4) is 0 Å². The molecule has 2 saturated heterocycles. The first-order chi connectivity index (χ1) is 15.2. The topological polar surface area (TPSA) is 51.9 Å². The molecule has 2 aliphatic heterocycles. The Balaban J connectivity index is 1.48. The van der Waals surface area contributed by atoms with Crippen LogP contribution < -0.4 is 4.74 Å². The number of methoxy groups -OCH3 is 1. The van der Waals surface area contributed by atoms with Crippen LogP contribution in [0.4, 0.5) is 0 Å². The number of benzene rings is 2. The summed E-state index contributed by atoms with van der Waals surface area (Å²) < 4.78 is 17.1. The van der Waals surface area contributed by atoms with Crippen molar-refractivity contribution in [2.45, 2.75) is 49.9 Å². The van der Waals surface area contributed by atoms with Crippen molar-refractivity contribution in [3.8, 4) is 5.75 Å². The van der Waals surface area contributed by atoms with Gasteiger partial charge in [0, 0.05) is 30.1 Å². The summed E-state index contributed by atoms with van der Waals surface area (Å²) in [6.07, 6.45) is 4.29. The second-order valence-corrected chi connectivity index (χ2v) is 8.39. The molecule has 5 nitrogen and oxygen atoms in total. The van der Waals surface area contributed by atoms with Gasteiger partial charge in [0.2, 0.25) is 5.76 Å². The molecule has 0 amide bonds. The van der Waals surface area contributed by atoms with Crippen molar-refractivity contribution in [1.82, 2.24) is 4.90 Å². The lowest BCUT2D eigenvalue weighted by Gasteiger charge is -2.44. The van der Waals surface area contributed by atoms with Gasteiger partial charge in [-0.2, -0.15) is 0 Å². The molecule has 31 heavy (non-hydrogen) atoms. The molecule has 0 unspecified atom stereocenters. The molecule has 0 N–H and O–H groups in total. The van der Waals surface area contributed by atoms with E-state index in [0.29, 0.717) is 6.04 Å². The number of carbonyl (C=O) groups excluding carboxylic acids is 1. The standard InChI is InChI=1S/C26H27NO4/c1-29-23-11-6-5-10-20(23)21-16-19-13-14-22(27(19)17-18-8-3-2-4-9-18)25(21)31-26(28)24-12-7-15-30-24/h2-12,15,19,21-22,25H,13-14,16-17H2,1H3/t19-,21-,22-,25+/m0/s1. The normalized spacial score (nSPS) is 25.3. The largest absolute Gasteiger partial charge is 0.496 e. The van der Waals surface area contributed by atoms with Crippen molar-refractivity contribution in [3.05, 3.63) is 89.9 Å². The summed E-state index contributed by atoms with van der Waals surface area (Å²) in [5.74, 6) is 0.774. The number of carbonyl (C=O) groups is 1. The van der Waals surface area contributed by atoms with E-state index in [2.05, 4.69) is 35.2 Å². The Labute approximate surface area is 182 Å². The average molecular weight is 418 g/mol. The Morgan fingerprint density at radius 1 is 1.03 bits per heavy atom. The van der Waals surface area contributed by atoms with Gasteiger partial charge in [-0.25, -0.2) is 4.79 Å². The molecular weight excluding hydrogens is 390 g/mol. The van der Waals surface area contributed by atoms with Crippen molar-refractivity contribution in [2.75, 3.05) is 7.11 Å². The van der Waals surface area contributed by atoms with Gasteiger partial charge in [-0.1, -0.05) is 48.5 Å². The molecule has 5 rings (SSSR count). The molecule has 2 fully saturated rings. The third-order valence-electron chi connectivity index (χ3n) is 6.70. The zero-order valence-electron chi connectivity index (χ0n) is 17.6. The molecule has 0 radical (unpaired) electrons. The second kappa shape index (κ2) is 8.60. The molecule has 0 aliphatic carbocycles. The summed E-state index contributed by atoms with van der Waals surface area (Å²) in [5, 5.41) is 0. The van der Waals surface area contributed by atoms with E-state index in [9.17, 15) is 4.79 Å². The predicted octanol–water partition coefficient (Wildman–Crippen LogP) is 5.03. The van der Waals surface area contributed by atoms with Crippen molar-refractivity contribution in [3.63, 3.8) is 0 Å². The number of para-hydroxylation sites is 1. The van der Waals surface area contributed by atoms with Gasteiger partial charge in [-0.05, 0) is 43.0 Å². The van der Waals surface area contributed by atoms with Crippen molar-refractivity contribution < 1.29 is 18.7 Å². The first kappa shape index (κ1) is 19.9. The fourth-order valence-corrected chi connectivity index (χ4v) is 5.32. The molecule has 1 aromatic heterocycles. The van der Waals surface area contributed by atoms with Crippen molar-refractivity contribution in [2.24, 2.45) is 0 Å². The van der Waals surface area contributed by atoms with Gasteiger partial charge < -0.3 is 13.9 Å². The Morgan fingerprint density at radius 3 is 2.61 bits per heavy atom. The summed E-state index contributed by atoms with van der Waals surface area (Å²) in [5.41, 5.74) is 2.39. The van der Waals surface area contributed by atoms with Crippen molar-refractivity contribution >= 4 is 5.97 Å². The van der Waals surface area contributed by atoms with E-state index in [1.54, 1.807) is 19.2 Å². The van der Waals surface area contributed by atoms with Crippen LogP contribution >= 0.6 is 0 Å². The maximum absolute atomic E-state index is 12.9. The Kier molecular flexibility index (Phi) is 5.51. The zero-order valence-corrected chi connectivity index (χ0v) is 17.6. The molecule has 2 aliphatic rings. The molecule has 160 valence electrons. The van der Waals surface area contributed by atoms with Gasteiger partial charge in [-0.3, -0.25) is 4.90 Å². The number of rotatable bonds is 6. The van der Waals surface area contributed by atoms with Crippen LogP contribution in [0.1, 0.15) is 46.9 Å². The number of fused-ring (bicyclic) bond motifs is 2. The molecule has 0 spiro atoms. The highest BCUT2D eigenvalue weighted by molar-refractivity contribution is 5.86. The fraction of sp³-hybridized carbons (Fsp3) is 0.346. The summed E-state index contributed by atoms with van der Waals surface area (Å²) in [6, 6.07) is 22.6. The number of hydrogen-bond acceptors (Lipinski definition) is 5. The van der Waals surface area contributed by atoms with E-state index in [1.165, 1.54) is 11.8 Å². The molecule has 2 aromatic carbocycles. The van der Waals surface area contributed by atoms with Gasteiger partial charge in [0.05, 0.1) is 13.4 Å². The van der Waals surface area contributed by atoms with E-state index in [-0.39, 0.29) is 23.8 Å². The van der Waals surface area contributed by atoms with E-state index >= 15 is 0 Å². The lowest BCUT2D eigenvalue weighted by Crippen LogP contribution is -2.52. The number of nitrogens with zero attached hydrogens (tertiary/aromatic N) is 1. The highest BCUT2D eigenvalue weighted by atomic mass is 16.6. The number of piperidine rings is 1. The summed E-state index contributed by atoms with van der Waals surface area (Å²) in [4.78, 5) is 15.4. The maximum Gasteiger partial charge on any atom is 0.374 e. The quantitative estimate of drug-likeness (QED) is 0.526. The monoisotopic (exact) mass is 417 g/mol. The Morgan fingerprint density at radius 2 is 1.84 bits per heavy atom. The SMILES string of the molecule is COc1ccccc1[C@@H]1C[C@@H]2CC[C@@H]([C@@H]1OC(=O)c1ccco1)N2Cc1ccccc1. The van der Waals surface area contributed by atoms with Crippen LogP contribution in [-0.4, -0.2) is 36.2 Å². The average Bonchev–Trinajstić information content (AvgIpc) is 3.44. The first-order valence-electron chi connectivity index (χ1n) is 10.9. The highest BCUT2D eigenvalue weighted by Gasteiger charge is 2.50. The van der Waals surface area contributed by atoms with Crippen LogP contribution in [0.2, 0.25) is 0 Å². The van der Waals surface area contributed by atoms with E-state index in [1.807, 2.05) is 24.3 Å². The van der Waals surface area contributed by atoms with Gasteiger partial charge in [0.15, 0.2) is 0 Å². The second-order valence-electron chi connectivity index (χ2n) is 8.39. The summed E-state index contributed by atoms with van der Waals surface area (Å²) >= 11 is 0. The van der Waals surface area contributed by atoms with Crippen LogP contribution in [0.25, 0.3) is 0 Å². The minimum absolute atomic E-state index is 0.0829. The molecule has 5 heteroatoms. The molecule has 3 aromatic rings. The summed E-state index contributed by atoms with van der Waals surface area (Å²) in [6.45, 7) is 0.865. The Bertz CT molecular complexity index is 1020. The molecule has 2 bridgehead atoms. The molecule has 4 atom stereocenters. The third-order valence-corrected chi connectivity index (χ3v) is 6.70. The minimum atomic E-state index is -0.403. The Hall–Kier alpha value is -3.05. The molecular formula is C26H27NO4. The molecule has 0 saturated carbocycles. The fourth-order valence-electron chi connectivity index (χ4n) is 5.32. The van der Waals surface area contributed by atoms with E-state index in [0.717, 1.165) is 37.1 Å². The number of furan rings is 1. The van der Waals surface area contributed by atoms with E-state index < -0.39 is 5.97 Å². The first-order valence-corrected chi connectivity index (χ1v) is 10.9. The van der Waals surface area contributed by atoms with E-state index in [4.69, 9.17) is 13.9 Å². The highest BCUT2D eigenvalue weighted by Crippen LogP contribution is 2.47. The smallest absolute Gasteiger partial charge is 0.374 e. The number of hydrogen-bond donors (Lipinski definition) is 0. The number of esters is 1. The third kappa shape index (κ3) is 3.86. The zero-order chi connectivity index (χ0) is 21.2. The van der Waals surface area contributed by atoms with Gasteiger partial charge in [0.25, 0.3) is 0 Å². The van der Waals surface area contributed by atoms with Crippen LogP contribution in [0.15, 0.2) is 77.4 Å². The van der Waals surface area contributed by atoms with Crippen LogP contribution in [-0.2, 0) is 11.3 Å². The maximum atomic E-state index is 12.9. The van der Waals surface area contributed by atoms with Crippen LogP contribution in [0.5, 0.6) is 5.75 Å². The minimum Gasteiger partial charge on any atom is -0.496 e. The summed E-state index contributed by atoms with van der Waals surface area (Å²) in [7, 11) is 1.70. The van der Waals surface area contributed by atoms with Gasteiger partial charge >= 0.3 is 5.97 Å². The lowest BCUT2D eigenvalue weighted by atomic mass is 9.81. The molecule has 3 heterocycles. The lowest BCUT2D eigenvalue weighted by molar-refractivity contribution is -0.0364. The number of ether oxygens (including phenoxy) is 2. The van der Waals surface area contributed by atoms with Crippen LogP contribution in [0, 0.1) is 0 Å². The van der Waals surface area contributed by atoms with Gasteiger partial charge in [0.1, 0.15) is 11.9 Å². The van der Waals surface area contributed by atoms with Gasteiger partial charge in [-0.15, -0.1) is 0 Å².